The molecule has 0 heterocycles. The molecule has 0 spiro atoms. The highest BCUT2D eigenvalue weighted by Crippen LogP contribution is 2.28. The molecule has 0 aliphatic rings. The van der Waals surface area contributed by atoms with Crippen LogP contribution in [0.4, 0.5) is 0 Å². The standard InChI is InChI=1S/C22H28N2O3.ClH/c1-14(2)18-11-10-15(3)12-20(18)27-21(25)13-19(24-22(26)16(4)23)17-8-6-5-7-9-17;/h5-12,14,16,19H,13,23H2,1-4H3,(H,24,26);1H/t16-,19+;/m0./s1. The summed E-state index contributed by atoms with van der Waals surface area (Å²) in [6, 6.07) is 14.0. The Morgan fingerprint density at radius 2 is 1.71 bits per heavy atom. The molecule has 6 heteroatoms. The van der Waals surface area contributed by atoms with Gasteiger partial charge in [0.25, 0.3) is 0 Å². The monoisotopic (exact) mass is 404 g/mol. The summed E-state index contributed by atoms with van der Waals surface area (Å²) in [5, 5.41) is 2.83. The molecule has 0 aliphatic heterocycles. The predicted molar refractivity (Wildman–Crippen MR) is 114 cm³/mol. The van der Waals surface area contributed by atoms with Crippen molar-refractivity contribution in [2.75, 3.05) is 0 Å². The SMILES string of the molecule is Cc1ccc(C(C)C)c(OC(=O)C[C@@H](NC(=O)[C@H](C)N)c2ccccc2)c1.Cl. The molecule has 0 saturated heterocycles. The van der Waals surface area contributed by atoms with E-state index in [-0.39, 0.29) is 30.7 Å². The van der Waals surface area contributed by atoms with E-state index in [1.54, 1.807) is 6.92 Å². The fourth-order valence-corrected chi connectivity index (χ4v) is 2.78. The zero-order chi connectivity index (χ0) is 20.0. The van der Waals surface area contributed by atoms with Gasteiger partial charge in [0, 0.05) is 0 Å². The van der Waals surface area contributed by atoms with Gasteiger partial charge in [-0.05, 0) is 42.5 Å². The summed E-state index contributed by atoms with van der Waals surface area (Å²) >= 11 is 0. The van der Waals surface area contributed by atoms with Crippen LogP contribution < -0.4 is 15.8 Å². The molecule has 1 amide bonds. The topological polar surface area (TPSA) is 81.4 Å². The molecule has 28 heavy (non-hydrogen) atoms. The van der Waals surface area contributed by atoms with Gasteiger partial charge in [-0.25, -0.2) is 0 Å². The normalized spacial score (nSPS) is 12.6. The van der Waals surface area contributed by atoms with E-state index in [0.717, 1.165) is 16.7 Å². The fourth-order valence-electron chi connectivity index (χ4n) is 2.78. The van der Waals surface area contributed by atoms with Crippen LogP contribution in [0.2, 0.25) is 0 Å². The third-order valence-electron chi connectivity index (χ3n) is 4.32. The molecule has 0 unspecified atom stereocenters. The van der Waals surface area contributed by atoms with Crippen molar-refractivity contribution in [1.29, 1.82) is 0 Å². The highest BCUT2D eigenvalue weighted by atomic mass is 35.5. The van der Waals surface area contributed by atoms with Gasteiger partial charge in [-0.1, -0.05) is 56.3 Å². The van der Waals surface area contributed by atoms with Crippen molar-refractivity contribution in [2.45, 2.75) is 52.1 Å². The Labute approximate surface area is 173 Å². The van der Waals surface area contributed by atoms with Crippen LogP contribution in [0.25, 0.3) is 0 Å². The van der Waals surface area contributed by atoms with Crippen molar-refractivity contribution >= 4 is 24.3 Å². The summed E-state index contributed by atoms with van der Waals surface area (Å²) < 4.78 is 5.66. The number of benzene rings is 2. The fraction of sp³-hybridized carbons (Fsp3) is 0.364. The number of amides is 1. The molecule has 3 N–H and O–H groups in total. The van der Waals surface area contributed by atoms with Gasteiger partial charge in [0.1, 0.15) is 5.75 Å². The second-order valence-electron chi connectivity index (χ2n) is 7.13. The summed E-state index contributed by atoms with van der Waals surface area (Å²) in [7, 11) is 0. The number of rotatable bonds is 7. The number of esters is 1. The Hall–Kier alpha value is -2.37. The van der Waals surface area contributed by atoms with E-state index in [2.05, 4.69) is 19.2 Å². The van der Waals surface area contributed by atoms with Crippen molar-refractivity contribution < 1.29 is 14.3 Å². The third-order valence-corrected chi connectivity index (χ3v) is 4.32. The predicted octanol–water partition coefficient (Wildman–Crippen LogP) is 4.04. The molecule has 5 nitrogen and oxygen atoms in total. The van der Waals surface area contributed by atoms with E-state index in [1.807, 2.05) is 55.5 Å². The number of nitrogens with two attached hydrogens (primary N) is 1. The van der Waals surface area contributed by atoms with Gasteiger partial charge < -0.3 is 15.8 Å². The highest BCUT2D eigenvalue weighted by molar-refractivity contribution is 5.85. The minimum atomic E-state index is -0.656. The summed E-state index contributed by atoms with van der Waals surface area (Å²) in [6.45, 7) is 7.67. The second kappa shape index (κ2) is 10.8. The van der Waals surface area contributed by atoms with Gasteiger partial charge in [-0.2, -0.15) is 0 Å². The van der Waals surface area contributed by atoms with Crippen molar-refractivity contribution in [3.8, 4) is 5.75 Å². The molecule has 0 fully saturated rings. The van der Waals surface area contributed by atoms with Crippen LogP contribution in [0.3, 0.4) is 0 Å². The van der Waals surface area contributed by atoms with E-state index in [4.69, 9.17) is 10.5 Å². The second-order valence-corrected chi connectivity index (χ2v) is 7.13. The lowest BCUT2D eigenvalue weighted by atomic mass is 10.0. The van der Waals surface area contributed by atoms with Crippen molar-refractivity contribution in [3.05, 3.63) is 65.2 Å². The lowest BCUT2D eigenvalue weighted by molar-refractivity contribution is -0.135. The molecule has 0 aromatic heterocycles. The quantitative estimate of drug-likeness (QED) is 0.539. The minimum absolute atomic E-state index is 0. The van der Waals surface area contributed by atoms with Crippen molar-refractivity contribution in [1.82, 2.24) is 5.32 Å². The van der Waals surface area contributed by atoms with E-state index >= 15 is 0 Å². The van der Waals surface area contributed by atoms with Gasteiger partial charge in [0.05, 0.1) is 18.5 Å². The summed E-state index contributed by atoms with van der Waals surface area (Å²) in [5.41, 5.74) is 8.49. The number of carbonyl (C=O) groups excluding carboxylic acids is 2. The van der Waals surface area contributed by atoms with Gasteiger partial charge in [0.15, 0.2) is 0 Å². The first-order chi connectivity index (χ1) is 12.8. The van der Waals surface area contributed by atoms with Crippen LogP contribution in [-0.2, 0) is 9.59 Å². The summed E-state index contributed by atoms with van der Waals surface area (Å²) in [5.74, 6) is 0.0906. The van der Waals surface area contributed by atoms with Crippen LogP contribution in [0, 0.1) is 6.92 Å². The largest absolute Gasteiger partial charge is 0.426 e. The Balaban J connectivity index is 0.00000392. The number of halogens is 1. The van der Waals surface area contributed by atoms with Crippen molar-refractivity contribution in [2.24, 2.45) is 5.73 Å². The lowest BCUT2D eigenvalue weighted by Gasteiger charge is -2.20. The van der Waals surface area contributed by atoms with Gasteiger partial charge >= 0.3 is 5.97 Å². The molecular formula is C22H29ClN2O3. The molecule has 2 aromatic carbocycles. The Kier molecular flexibility index (Phi) is 9.16. The van der Waals surface area contributed by atoms with Gasteiger partial charge in [-0.3, -0.25) is 9.59 Å². The third kappa shape index (κ3) is 6.66. The molecular weight excluding hydrogens is 376 g/mol. The maximum atomic E-state index is 12.6. The van der Waals surface area contributed by atoms with Crippen LogP contribution in [-0.4, -0.2) is 17.9 Å². The number of nitrogens with one attached hydrogen (secondary N) is 1. The first-order valence-electron chi connectivity index (χ1n) is 9.20. The molecule has 2 rings (SSSR count). The zero-order valence-electron chi connectivity index (χ0n) is 16.8. The highest BCUT2D eigenvalue weighted by Gasteiger charge is 2.22. The van der Waals surface area contributed by atoms with Gasteiger partial charge in [-0.15, -0.1) is 12.4 Å². The first-order valence-corrected chi connectivity index (χ1v) is 9.20. The van der Waals surface area contributed by atoms with Crippen LogP contribution in [0.1, 0.15) is 55.8 Å². The Bertz CT molecular complexity index is 792. The average Bonchev–Trinajstić information content (AvgIpc) is 2.61. The molecule has 2 atom stereocenters. The lowest BCUT2D eigenvalue weighted by Crippen LogP contribution is -2.41. The number of aryl methyl sites for hydroxylation is 1. The van der Waals surface area contributed by atoms with E-state index in [9.17, 15) is 9.59 Å². The first kappa shape index (κ1) is 23.7. The van der Waals surface area contributed by atoms with E-state index < -0.39 is 18.1 Å². The average molecular weight is 405 g/mol. The molecule has 2 aromatic rings. The van der Waals surface area contributed by atoms with E-state index in [1.165, 1.54) is 0 Å². The maximum absolute atomic E-state index is 12.6. The van der Waals surface area contributed by atoms with Crippen LogP contribution in [0.5, 0.6) is 5.75 Å². The molecule has 0 saturated carbocycles. The maximum Gasteiger partial charge on any atom is 0.313 e. The van der Waals surface area contributed by atoms with E-state index in [0.29, 0.717) is 5.75 Å². The minimum Gasteiger partial charge on any atom is -0.426 e. The molecule has 152 valence electrons. The number of ether oxygens (including phenoxy) is 1. The molecule has 0 aliphatic carbocycles. The Morgan fingerprint density at radius 3 is 2.29 bits per heavy atom. The van der Waals surface area contributed by atoms with Gasteiger partial charge in [0.2, 0.25) is 5.91 Å². The number of hydrogen-bond donors (Lipinski definition) is 2. The van der Waals surface area contributed by atoms with Crippen LogP contribution >= 0.6 is 12.4 Å². The molecule has 0 radical (unpaired) electrons. The molecule has 0 bridgehead atoms. The zero-order valence-corrected chi connectivity index (χ0v) is 17.6. The Morgan fingerprint density at radius 1 is 1.07 bits per heavy atom. The summed E-state index contributed by atoms with van der Waals surface area (Å²) in [4.78, 5) is 24.7. The number of carbonyl (C=O) groups is 2. The van der Waals surface area contributed by atoms with Crippen LogP contribution in [0.15, 0.2) is 48.5 Å². The number of hydrogen-bond acceptors (Lipinski definition) is 4. The van der Waals surface area contributed by atoms with Crippen molar-refractivity contribution in [3.63, 3.8) is 0 Å². The smallest absolute Gasteiger partial charge is 0.313 e. The summed E-state index contributed by atoms with van der Waals surface area (Å²) in [6.07, 6.45) is 0.0218.